The van der Waals surface area contributed by atoms with Crippen molar-refractivity contribution in [3.63, 3.8) is 0 Å². The fourth-order valence-electron chi connectivity index (χ4n) is 1.41. The third-order valence-electron chi connectivity index (χ3n) is 2.19. The molecule has 0 bridgehead atoms. The van der Waals surface area contributed by atoms with Crippen molar-refractivity contribution in [2.75, 3.05) is 13.1 Å². The van der Waals surface area contributed by atoms with Crippen molar-refractivity contribution in [1.29, 1.82) is 0 Å². The van der Waals surface area contributed by atoms with E-state index in [0.29, 0.717) is 0 Å². The van der Waals surface area contributed by atoms with Crippen LogP contribution in [-0.4, -0.2) is 24.5 Å². The molecular formula is C10H18N2. The maximum atomic E-state index is 4.47. The number of aliphatic imine (C=N–C) groups is 2. The van der Waals surface area contributed by atoms with Gasteiger partial charge in [-0.3, -0.25) is 9.98 Å². The second kappa shape index (κ2) is 5.07. The molecule has 0 aromatic carbocycles. The second-order valence-electron chi connectivity index (χ2n) is 3.25. The topological polar surface area (TPSA) is 24.7 Å². The lowest BCUT2D eigenvalue weighted by Gasteiger charge is -2.10. The number of unbranched alkanes of at least 4 members (excludes halogenated alkanes) is 2. The fraction of sp³-hybridized carbons (Fsp3) is 0.800. The van der Waals surface area contributed by atoms with Gasteiger partial charge in [-0.15, -0.1) is 0 Å². The van der Waals surface area contributed by atoms with E-state index in [2.05, 4.69) is 23.8 Å². The summed E-state index contributed by atoms with van der Waals surface area (Å²) in [6, 6.07) is 0. The van der Waals surface area contributed by atoms with E-state index < -0.39 is 0 Å². The van der Waals surface area contributed by atoms with Crippen LogP contribution in [0.2, 0.25) is 0 Å². The molecule has 0 radical (unpaired) electrons. The Hall–Kier alpha value is -0.660. The Morgan fingerprint density at radius 1 is 1.17 bits per heavy atom. The van der Waals surface area contributed by atoms with E-state index in [1.54, 1.807) is 0 Å². The summed E-state index contributed by atoms with van der Waals surface area (Å²) in [6.45, 7) is 6.09. The largest absolute Gasteiger partial charge is 0.286 e. The molecule has 0 aliphatic carbocycles. The number of rotatable bonds is 4. The van der Waals surface area contributed by atoms with Gasteiger partial charge >= 0.3 is 0 Å². The molecule has 0 saturated carbocycles. The van der Waals surface area contributed by atoms with Crippen LogP contribution >= 0.6 is 0 Å². The van der Waals surface area contributed by atoms with Gasteiger partial charge in [-0.1, -0.05) is 19.8 Å². The average molecular weight is 166 g/mol. The number of nitrogens with zero attached hydrogens (tertiary/aromatic N) is 2. The fourth-order valence-corrected chi connectivity index (χ4v) is 1.41. The van der Waals surface area contributed by atoms with E-state index >= 15 is 0 Å². The van der Waals surface area contributed by atoms with E-state index in [9.17, 15) is 0 Å². The van der Waals surface area contributed by atoms with E-state index in [1.807, 2.05) is 0 Å². The van der Waals surface area contributed by atoms with Gasteiger partial charge in [0.2, 0.25) is 0 Å². The van der Waals surface area contributed by atoms with Crippen LogP contribution in [0.15, 0.2) is 9.98 Å². The minimum absolute atomic E-state index is 0.892. The summed E-state index contributed by atoms with van der Waals surface area (Å²) >= 11 is 0. The maximum absolute atomic E-state index is 4.47. The third kappa shape index (κ3) is 2.76. The smallest absolute Gasteiger partial charge is 0.0589 e. The molecule has 1 aliphatic heterocycles. The first-order chi connectivity index (χ1) is 5.84. The summed E-state index contributed by atoms with van der Waals surface area (Å²) in [4.78, 5) is 8.84. The Morgan fingerprint density at radius 3 is 2.58 bits per heavy atom. The highest BCUT2D eigenvalue weighted by molar-refractivity contribution is 6.41. The first-order valence-electron chi connectivity index (χ1n) is 4.89. The van der Waals surface area contributed by atoms with Gasteiger partial charge in [-0.25, -0.2) is 0 Å². The summed E-state index contributed by atoms with van der Waals surface area (Å²) in [5.74, 6) is 0. The highest BCUT2D eigenvalue weighted by Gasteiger charge is 2.06. The minimum Gasteiger partial charge on any atom is -0.286 e. The minimum atomic E-state index is 0.892. The number of hydrogen-bond acceptors (Lipinski definition) is 2. The normalized spacial score (nSPS) is 17.2. The van der Waals surface area contributed by atoms with Gasteiger partial charge in [0.1, 0.15) is 0 Å². The van der Waals surface area contributed by atoms with Gasteiger partial charge in [0, 0.05) is 0 Å². The Balaban J connectivity index is 2.31. The predicted octanol–water partition coefficient (Wildman–Crippen LogP) is 2.48. The van der Waals surface area contributed by atoms with Crippen LogP contribution in [0.5, 0.6) is 0 Å². The Labute approximate surface area is 74.8 Å². The SMILES string of the molecule is CCCCCC1=NCCN=C1C. The molecule has 1 rings (SSSR count). The zero-order chi connectivity index (χ0) is 8.81. The molecule has 1 heterocycles. The van der Waals surface area contributed by atoms with Crippen LogP contribution in [0.3, 0.4) is 0 Å². The van der Waals surface area contributed by atoms with Crippen LogP contribution in [0.25, 0.3) is 0 Å². The lowest BCUT2D eigenvalue weighted by Crippen LogP contribution is -2.16. The summed E-state index contributed by atoms with van der Waals surface area (Å²) in [5.41, 5.74) is 2.41. The zero-order valence-corrected chi connectivity index (χ0v) is 8.14. The molecule has 0 fully saturated rings. The van der Waals surface area contributed by atoms with Crippen molar-refractivity contribution in [2.24, 2.45) is 9.98 Å². The van der Waals surface area contributed by atoms with Crippen LogP contribution in [-0.2, 0) is 0 Å². The lowest BCUT2D eigenvalue weighted by atomic mass is 10.1. The molecule has 0 N–H and O–H groups in total. The second-order valence-corrected chi connectivity index (χ2v) is 3.25. The van der Waals surface area contributed by atoms with Gasteiger partial charge in [-0.2, -0.15) is 0 Å². The summed E-state index contributed by atoms with van der Waals surface area (Å²) < 4.78 is 0. The lowest BCUT2D eigenvalue weighted by molar-refractivity contribution is 0.740. The summed E-state index contributed by atoms with van der Waals surface area (Å²) in [6.07, 6.45) is 4.99. The van der Waals surface area contributed by atoms with Crippen molar-refractivity contribution in [2.45, 2.75) is 39.5 Å². The first-order valence-corrected chi connectivity index (χ1v) is 4.89. The molecule has 0 spiro atoms. The van der Waals surface area contributed by atoms with Gasteiger partial charge in [0.05, 0.1) is 24.5 Å². The van der Waals surface area contributed by atoms with Crippen molar-refractivity contribution in [1.82, 2.24) is 0 Å². The summed E-state index contributed by atoms with van der Waals surface area (Å²) in [7, 11) is 0. The molecule has 1 aliphatic rings. The predicted molar refractivity (Wildman–Crippen MR) is 54.4 cm³/mol. The van der Waals surface area contributed by atoms with E-state index in [0.717, 1.165) is 25.2 Å². The molecule has 0 unspecified atom stereocenters. The molecule has 0 aromatic heterocycles. The number of hydrogen-bond donors (Lipinski definition) is 0. The quantitative estimate of drug-likeness (QED) is 0.573. The maximum Gasteiger partial charge on any atom is 0.0589 e. The molecule has 12 heavy (non-hydrogen) atoms. The van der Waals surface area contributed by atoms with E-state index in [1.165, 1.54) is 25.0 Å². The van der Waals surface area contributed by atoms with Gasteiger partial charge in [-0.05, 0) is 19.8 Å². The molecule has 0 amide bonds. The van der Waals surface area contributed by atoms with Crippen LogP contribution in [0.4, 0.5) is 0 Å². The Kier molecular flexibility index (Phi) is 3.98. The molecular weight excluding hydrogens is 148 g/mol. The molecule has 0 aromatic rings. The highest BCUT2D eigenvalue weighted by atomic mass is 14.9. The van der Waals surface area contributed by atoms with Crippen molar-refractivity contribution >= 4 is 11.4 Å². The summed E-state index contributed by atoms with van der Waals surface area (Å²) in [5, 5.41) is 0. The van der Waals surface area contributed by atoms with Crippen molar-refractivity contribution < 1.29 is 0 Å². The van der Waals surface area contributed by atoms with E-state index in [4.69, 9.17) is 0 Å². The molecule has 0 atom stereocenters. The van der Waals surface area contributed by atoms with E-state index in [-0.39, 0.29) is 0 Å². The molecule has 0 saturated heterocycles. The highest BCUT2D eigenvalue weighted by Crippen LogP contribution is 2.05. The first kappa shape index (κ1) is 9.43. The zero-order valence-electron chi connectivity index (χ0n) is 8.14. The van der Waals surface area contributed by atoms with Crippen LogP contribution in [0, 0.1) is 0 Å². The Morgan fingerprint density at radius 2 is 1.92 bits per heavy atom. The van der Waals surface area contributed by atoms with Gasteiger partial charge in [0.25, 0.3) is 0 Å². The average Bonchev–Trinajstić information content (AvgIpc) is 2.09. The van der Waals surface area contributed by atoms with Gasteiger partial charge < -0.3 is 0 Å². The third-order valence-corrected chi connectivity index (χ3v) is 2.19. The Bertz CT molecular complexity index is 192. The molecule has 2 nitrogen and oxygen atoms in total. The monoisotopic (exact) mass is 166 g/mol. The molecule has 2 heteroatoms. The standard InChI is InChI=1S/C10H18N2/c1-3-4-5-6-10-9(2)11-7-8-12-10/h3-8H2,1-2H3. The van der Waals surface area contributed by atoms with Crippen molar-refractivity contribution in [3.05, 3.63) is 0 Å². The van der Waals surface area contributed by atoms with Gasteiger partial charge in [0.15, 0.2) is 0 Å². The van der Waals surface area contributed by atoms with Crippen LogP contribution in [0.1, 0.15) is 39.5 Å². The van der Waals surface area contributed by atoms with Crippen molar-refractivity contribution in [3.8, 4) is 0 Å². The van der Waals surface area contributed by atoms with Crippen LogP contribution < -0.4 is 0 Å². The molecule has 68 valence electrons.